The van der Waals surface area contributed by atoms with Gasteiger partial charge in [0.15, 0.2) is 0 Å². The van der Waals surface area contributed by atoms with Crippen LogP contribution in [0.3, 0.4) is 0 Å². The number of ether oxygens (including phenoxy) is 1. The van der Waals surface area contributed by atoms with Crippen molar-refractivity contribution in [2.24, 2.45) is 23.7 Å². The summed E-state index contributed by atoms with van der Waals surface area (Å²) in [7, 11) is 1.94. The SMILES string of the molecule is CN(C(=O)NCCOc1ccc(C(=O)O)cc1)C1C2CC3CC(C2)CC1C3. The highest BCUT2D eigenvalue weighted by atomic mass is 16.5. The molecule has 6 nitrogen and oxygen atoms in total. The van der Waals surface area contributed by atoms with Gasteiger partial charge in [0.2, 0.25) is 0 Å². The maximum Gasteiger partial charge on any atom is 0.335 e. The number of carboxylic acid groups (broad SMARTS) is 1. The molecule has 6 heteroatoms. The van der Waals surface area contributed by atoms with E-state index in [0.29, 0.717) is 36.8 Å². The molecule has 0 radical (unpaired) electrons. The van der Waals surface area contributed by atoms with Crippen LogP contribution >= 0.6 is 0 Å². The van der Waals surface area contributed by atoms with Crippen molar-refractivity contribution in [2.45, 2.75) is 38.1 Å². The molecule has 0 atom stereocenters. The Balaban J connectivity index is 1.23. The van der Waals surface area contributed by atoms with Crippen LogP contribution < -0.4 is 10.1 Å². The number of amides is 2. The Morgan fingerprint density at radius 2 is 1.67 bits per heavy atom. The van der Waals surface area contributed by atoms with E-state index in [1.54, 1.807) is 12.1 Å². The maximum absolute atomic E-state index is 12.6. The van der Waals surface area contributed by atoms with Crippen molar-refractivity contribution in [3.05, 3.63) is 29.8 Å². The number of nitrogens with zero attached hydrogens (tertiary/aromatic N) is 1. The van der Waals surface area contributed by atoms with Gasteiger partial charge in [-0.15, -0.1) is 0 Å². The third-order valence-corrected chi connectivity index (χ3v) is 6.69. The van der Waals surface area contributed by atoms with Crippen LogP contribution in [0.25, 0.3) is 0 Å². The molecule has 4 fully saturated rings. The fraction of sp³-hybridized carbons (Fsp3) is 0.619. The van der Waals surface area contributed by atoms with Gasteiger partial charge in [-0.2, -0.15) is 0 Å². The normalized spacial score (nSPS) is 30.8. The van der Waals surface area contributed by atoms with E-state index < -0.39 is 5.97 Å². The Morgan fingerprint density at radius 1 is 1.07 bits per heavy atom. The minimum Gasteiger partial charge on any atom is -0.492 e. The number of nitrogens with one attached hydrogen (secondary N) is 1. The smallest absolute Gasteiger partial charge is 0.335 e. The first kappa shape index (κ1) is 18.1. The zero-order valence-electron chi connectivity index (χ0n) is 15.8. The number of aromatic carboxylic acids is 1. The predicted molar refractivity (Wildman–Crippen MR) is 101 cm³/mol. The van der Waals surface area contributed by atoms with E-state index in [1.807, 2.05) is 11.9 Å². The molecule has 4 bridgehead atoms. The van der Waals surface area contributed by atoms with Crippen LogP contribution in [0.4, 0.5) is 4.79 Å². The average Bonchev–Trinajstić information content (AvgIpc) is 2.64. The van der Waals surface area contributed by atoms with E-state index in [9.17, 15) is 9.59 Å². The predicted octanol–water partition coefficient (Wildman–Crippen LogP) is 3.23. The van der Waals surface area contributed by atoms with E-state index in [-0.39, 0.29) is 11.6 Å². The molecule has 0 saturated heterocycles. The van der Waals surface area contributed by atoms with Crippen LogP contribution in [0.2, 0.25) is 0 Å². The number of urea groups is 1. The molecule has 146 valence electrons. The molecule has 1 aromatic rings. The lowest BCUT2D eigenvalue weighted by molar-refractivity contribution is -0.0448. The van der Waals surface area contributed by atoms with Gasteiger partial charge in [0.1, 0.15) is 12.4 Å². The summed E-state index contributed by atoms with van der Waals surface area (Å²) in [6.45, 7) is 0.783. The summed E-state index contributed by atoms with van der Waals surface area (Å²) in [6, 6.07) is 6.66. The molecule has 0 aliphatic heterocycles. The molecule has 1 aromatic carbocycles. The molecule has 0 spiro atoms. The summed E-state index contributed by atoms with van der Waals surface area (Å²) in [5.74, 6) is 2.81. The minimum absolute atomic E-state index is 0.0164. The van der Waals surface area contributed by atoms with E-state index in [4.69, 9.17) is 9.84 Å². The van der Waals surface area contributed by atoms with E-state index in [2.05, 4.69) is 5.32 Å². The van der Waals surface area contributed by atoms with Crippen LogP contribution in [-0.2, 0) is 0 Å². The van der Waals surface area contributed by atoms with Gasteiger partial charge in [-0.3, -0.25) is 0 Å². The first-order valence-electron chi connectivity index (χ1n) is 9.98. The van der Waals surface area contributed by atoms with Crippen molar-refractivity contribution in [1.29, 1.82) is 0 Å². The number of hydrogen-bond acceptors (Lipinski definition) is 3. The molecule has 0 unspecified atom stereocenters. The van der Waals surface area contributed by atoms with Crippen LogP contribution in [-0.4, -0.2) is 48.2 Å². The number of carbonyl (C=O) groups is 2. The quantitative estimate of drug-likeness (QED) is 0.752. The van der Waals surface area contributed by atoms with Gasteiger partial charge in [0.25, 0.3) is 0 Å². The van der Waals surface area contributed by atoms with E-state index in [0.717, 1.165) is 11.8 Å². The lowest BCUT2D eigenvalue weighted by Gasteiger charge is -2.56. The highest BCUT2D eigenvalue weighted by Crippen LogP contribution is 2.54. The van der Waals surface area contributed by atoms with E-state index in [1.165, 1.54) is 44.2 Å². The molecule has 4 saturated carbocycles. The number of rotatable bonds is 6. The molecular weight excluding hydrogens is 344 g/mol. The maximum atomic E-state index is 12.6. The van der Waals surface area contributed by atoms with Gasteiger partial charge in [0, 0.05) is 13.1 Å². The number of carbonyl (C=O) groups excluding carboxylic acids is 1. The van der Waals surface area contributed by atoms with Crippen LogP contribution in [0, 0.1) is 23.7 Å². The van der Waals surface area contributed by atoms with Crippen molar-refractivity contribution < 1.29 is 19.4 Å². The van der Waals surface area contributed by atoms with Crippen LogP contribution in [0.1, 0.15) is 42.5 Å². The highest BCUT2D eigenvalue weighted by Gasteiger charge is 2.50. The van der Waals surface area contributed by atoms with E-state index >= 15 is 0 Å². The van der Waals surface area contributed by atoms with Crippen molar-refractivity contribution in [3.8, 4) is 5.75 Å². The summed E-state index contributed by atoms with van der Waals surface area (Å²) in [6.07, 6.45) is 6.60. The Hall–Kier alpha value is -2.24. The lowest BCUT2D eigenvalue weighted by atomic mass is 9.54. The van der Waals surface area contributed by atoms with Gasteiger partial charge in [0.05, 0.1) is 12.1 Å². The molecule has 4 aliphatic carbocycles. The van der Waals surface area contributed by atoms with Gasteiger partial charge < -0.3 is 20.1 Å². The van der Waals surface area contributed by atoms with Crippen molar-refractivity contribution in [3.63, 3.8) is 0 Å². The van der Waals surface area contributed by atoms with Crippen molar-refractivity contribution >= 4 is 12.0 Å². The Kier molecular flexibility index (Phi) is 4.98. The lowest BCUT2D eigenvalue weighted by Crippen LogP contribution is -2.58. The Bertz CT molecular complexity index is 675. The second-order valence-corrected chi connectivity index (χ2v) is 8.44. The fourth-order valence-corrected chi connectivity index (χ4v) is 5.81. The zero-order chi connectivity index (χ0) is 19.0. The van der Waals surface area contributed by atoms with Crippen molar-refractivity contribution in [1.82, 2.24) is 10.2 Å². The molecule has 2 N–H and O–H groups in total. The largest absolute Gasteiger partial charge is 0.492 e. The van der Waals surface area contributed by atoms with Gasteiger partial charge in [-0.25, -0.2) is 9.59 Å². The van der Waals surface area contributed by atoms with Crippen LogP contribution in [0.15, 0.2) is 24.3 Å². The first-order valence-corrected chi connectivity index (χ1v) is 9.98. The molecule has 0 aromatic heterocycles. The Morgan fingerprint density at radius 3 is 2.22 bits per heavy atom. The fourth-order valence-electron chi connectivity index (χ4n) is 5.81. The number of hydrogen-bond donors (Lipinski definition) is 2. The standard InChI is InChI=1S/C21H28N2O4/c1-23(19-16-9-13-8-14(11-16)12-17(19)10-13)21(26)22-6-7-27-18-4-2-15(3-5-18)20(24)25/h2-5,13-14,16-17,19H,6-12H2,1H3,(H,22,26)(H,24,25). The molecule has 4 aliphatic rings. The first-order chi connectivity index (χ1) is 13.0. The number of carboxylic acids is 1. The molecule has 0 heterocycles. The molecular formula is C21H28N2O4. The molecule has 2 amide bonds. The van der Waals surface area contributed by atoms with Gasteiger partial charge in [-0.05, 0) is 80.0 Å². The minimum atomic E-state index is -0.957. The Labute approximate surface area is 159 Å². The summed E-state index contributed by atoms with van der Waals surface area (Å²) in [5, 5.41) is 11.9. The third-order valence-electron chi connectivity index (χ3n) is 6.69. The summed E-state index contributed by atoms with van der Waals surface area (Å²) in [4.78, 5) is 25.4. The second-order valence-electron chi connectivity index (χ2n) is 8.44. The van der Waals surface area contributed by atoms with Crippen LogP contribution in [0.5, 0.6) is 5.75 Å². The van der Waals surface area contributed by atoms with Gasteiger partial charge in [-0.1, -0.05) is 0 Å². The second kappa shape index (κ2) is 7.41. The molecule has 27 heavy (non-hydrogen) atoms. The monoisotopic (exact) mass is 372 g/mol. The molecule has 5 rings (SSSR count). The van der Waals surface area contributed by atoms with Gasteiger partial charge >= 0.3 is 12.0 Å². The van der Waals surface area contributed by atoms with Crippen molar-refractivity contribution in [2.75, 3.05) is 20.2 Å². The zero-order valence-corrected chi connectivity index (χ0v) is 15.8. The third kappa shape index (κ3) is 3.75. The average molecular weight is 372 g/mol. The summed E-state index contributed by atoms with van der Waals surface area (Å²) >= 11 is 0. The highest BCUT2D eigenvalue weighted by molar-refractivity contribution is 5.87. The topological polar surface area (TPSA) is 78.9 Å². The number of benzene rings is 1. The summed E-state index contributed by atoms with van der Waals surface area (Å²) < 4.78 is 5.58. The summed E-state index contributed by atoms with van der Waals surface area (Å²) in [5.41, 5.74) is 0.230.